The minimum absolute atomic E-state index is 0.0231. The number of aryl methyl sites for hydroxylation is 1. The SMILES string of the molecule is Cc1cc(Cl)c(C(F)(F)F)c(Br)c1. The number of benzene rings is 1. The van der Waals surface area contributed by atoms with Crippen molar-refractivity contribution in [3.63, 3.8) is 0 Å². The van der Waals surface area contributed by atoms with Gasteiger partial charge in [-0.25, -0.2) is 0 Å². The van der Waals surface area contributed by atoms with Crippen LogP contribution in [0.5, 0.6) is 0 Å². The number of hydrogen-bond acceptors (Lipinski definition) is 0. The molecular formula is C8H5BrClF3. The second-order valence-electron chi connectivity index (χ2n) is 2.60. The van der Waals surface area contributed by atoms with Gasteiger partial charge in [0, 0.05) is 4.47 Å². The molecule has 1 rings (SSSR count). The van der Waals surface area contributed by atoms with E-state index in [1.165, 1.54) is 12.1 Å². The van der Waals surface area contributed by atoms with E-state index in [1.54, 1.807) is 6.92 Å². The van der Waals surface area contributed by atoms with Crippen LogP contribution in [0.2, 0.25) is 5.02 Å². The summed E-state index contributed by atoms with van der Waals surface area (Å²) in [7, 11) is 0. The third kappa shape index (κ3) is 2.38. The van der Waals surface area contributed by atoms with Gasteiger partial charge < -0.3 is 0 Å². The number of rotatable bonds is 0. The van der Waals surface area contributed by atoms with E-state index in [2.05, 4.69) is 15.9 Å². The van der Waals surface area contributed by atoms with Crippen molar-refractivity contribution in [1.29, 1.82) is 0 Å². The van der Waals surface area contributed by atoms with Crippen LogP contribution < -0.4 is 0 Å². The zero-order valence-electron chi connectivity index (χ0n) is 6.54. The first-order valence-corrected chi connectivity index (χ1v) is 4.52. The van der Waals surface area contributed by atoms with Gasteiger partial charge in [0.2, 0.25) is 0 Å². The topological polar surface area (TPSA) is 0 Å². The van der Waals surface area contributed by atoms with E-state index in [0.717, 1.165) is 0 Å². The molecule has 0 spiro atoms. The molecule has 0 amide bonds. The largest absolute Gasteiger partial charge is 0.418 e. The zero-order chi connectivity index (χ0) is 10.2. The molecule has 0 saturated heterocycles. The van der Waals surface area contributed by atoms with Gasteiger partial charge in [-0.2, -0.15) is 13.2 Å². The Morgan fingerprint density at radius 1 is 1.31 bits per heavy atom. The third-order valence-corrected chi connectivity index (χ3v) is 2.39. The Morgan fingerprint density at radius 2 is 1.85 bits per heavy atom. The fourth-order valence-electron chi connectivity index (χ4n) is 0.971. The van der Waals surface area contributed by atoms with E-state index in [0.29, 0.717) is 5.56 Å². The molecule has 0 bridgehead atoms. The maximum atomic E-state index is 12.3. The molecule has 13 heavy (non-hydrogen) atoms. The smallest absolute Gasteiger partial charge is 0.166 e. The summed E-state index contributed by atoms with van der Waals surface area (Å²) in [6.45, 7) is 1.68. The van der Waals surface area contributed by atoms with Crippen molar-refractivity contribution in [3.05, 3.63) is 32.8 Å². The molecule has 0 heterocycles. The van der Waals surface area contributed by atoms with Gasteiger partial charge >= 0.3 is 6.18 Å². The molecule has 1 aromatic carbocycles. The molecule has 0 unspecified atom stereocenters. The molecule has 5 heteroatoms. The van der Waals surface area contributed by atoms with Crippen molar-refractivity contribution in [2.75, 3.05) is 0 Å². The standard InChI is InChI=1S/C8H5BrClF3/c1-4-2-5(9)7(6(10)3-4)8(11,12)13/h2-3H,1H3. The highest BCUT2D eigenvalue weighted by Gasteiger charge is 2.35. The van der Waals surface area contributed by atoms with E-state index in [4.69, 9.17) is 11.6 Å². The van der Waals surface area contributed by atoms with E-state index >= 15 is 0 Å². The molecule has 0 aliphatic rings. The van der Waals surface area contributed by atoms with Crippen LogP contribution in [-0.4, -0.2) is 0 Å². The molecule has 0 atom stereocenters. The third-order valence-electron chi connectivity index (χ3n) is 1.47. The van der Waals surface area contributed by atoms with Gasteiger partial charge in [0.15, 0.2) is 0 Å². The lowest BCUT2D eigenvalue weighted by Crippen LogP contribution is -2.07. The maximum absolute atomic E-state index is 12.3. The van der Waals surface area contributed by atoms with Gasteiger partial charge in [-0.3, -0.25) is 0 Å². The first-order valence-electron chi connectivity index (χ1n) is 3.35. The van der Waals surface area contributed by atoms with Crippen molar-refractivity contribution in [3.8, 4) is 0 Å². The summed E-state index contributed by atoms with van der Waals surface area (Å²) >= 11 is 8.30. The van der Waals surface area contributed by atoms with E-state index in [-0.39, 0.29) is 9.50 Å². The Morgan fingerprint density at radius 3 is 2.23 bits per heavy atom. The lowest BCUT2D eigenvalue weighted by Gasteiger charge is -2.11. The monoisotopic (exact) mass is 272 g/mol. The molecule has 0 N–H and O–H groups in total. The average molecular weight is 273 g/mol. The highest BCUT2D eigenvalue weighted by atomic mass is 79.9. The second kappa shape index (κ2) is 3.50. The molecule has 0 nitrogen and oxygen atoms in total. The van der Waals surface area contributed by atoms with Crippen LogP contribution in [0.3, 0.4) is 0 Å². The molecule has 0 aliphatic carbocycles. The fourth-order valence-corrected chi connectivity index (χ4v) is 2.27. The van der Waals surface area contributed by atoms with Gasteiger partial charge in [-0.15, -0.1) is 0 Å². The molecule has 0 aliphatic heterocycles. The van der Waals surface area contributed by atoms with Crippen LogP contribution in [0.4, 0.5) is 13.2 Å². The Balaban J connectivity index is 3.38. The van der Waals surface area contributed by atoms with Crippen molar-refractivity contribution in [2.45, 2.75) is 13.1 Å². The van der Waals surface area contributed by atoms with E-state index in [9.17, 15) is 13.2 Å². The van der Waals surface area contributed by atoms with Crippen molar-refractivity contribution in [2.24, 2.45) is 0 Å². The second-order valence-corrected chi connectivity index (χ2v) is 3.86. The van der Waals surface area contributed by atoms with Crippen LogP contribution in [0.15, 0.2) is 16.6 Å². The van der Waals surface area contributed by atoms with Crippen LogP contribution in [0, 0.1) is 6.92 Å². The molecule has 1 aromatic rings. The quantitative estimate of drug-likeness (QED) is 0.656. The predicted molar refractivity (Wildman–Crippen MR) is 48.9 cm³/mol. The first kappa shape index (κ1) is 10.9. The normalized spacial score (nSPS) is 11.8. The highest BCUT2D eigenvalue weighted by Crippen LogP contribution is 2.40. The summed E-state index contributed by atoms with van der Waals surface area (Å²) in [5.74, 6) is 0. The summed E-state index contributed by atoms with van der Waals surface area (Å²) in [5, 5.41) is -0.278. The van der Waals surface area contributed by atoms with Crippen molar-refractivity contribution < 1.29 is 13.2 Å². The average Bonchev–Trinajstić information content (AvgIpc) is 1.78. The summed E-state index contributed by atoms with van der Waals surface area (Å²) in [5.41, 5.74) is -0.135. The van der Waals surface area contributed by atoms with Crippen LogP contribution >= 0.6 is 27.5 Å². The summed E-state index contributed by atoms with van der Waals surface area (Å²) in [4.78, 5) is 0. The Bertz CT molecular complexity index is 310. The maximum Gasteiger partial charge on any atom is 0.418 e. The predicted octanol–water partition coefficient (Wildman–Crippen LogP) is 4.43. The molecule has 0 radical (unpaired) electrons. The summed E-state index contributed by atoms with van der Waals surface area (Å²) < 4.78 is 37.0. The minimum atomic E-state index is -4.41. The molecular weight excluding hydrogens is 268 g/mol. The lowest BCUT2D eigenvalue weighted by molar-refractivity contribution is -0.138. The fraction of sp³-hybridized carbons (Fsp3) is 0.250. The summed E-state index contributed by atoms with van der Waals surface area (Å²) in [6, 6.07) is 2.67. The van der Waals surface area contributed by atoms with Gasteiger partial charge in [0.25, 0.3) is 0 Å². The summed E-state index contributed by atoms with van der Waals surface area (Å²) in [6.07, 6.45) is -4.41. The number of hydrogen-bond donors (Lipinski definition) is 0. The Labute approximate surface area is 86.8 Å². The number of halogens is 5. The van der Waals surface area contributed by atoms with Crippen LogP contribution in [-0.2, 0) is 6.18 Å². The highest BCUT2D eigenvalue weighted by molar-refractivity contribution is 9.10. The van der Waals surface area contributed by atoms with Gasteiger partial charge in [-0.1, -0.05) is 27.5 Å². The van der Waals surface area contributed by atoms with E-state index < -0.39 is 11.7 Å². The Kier molecular flexibility index (Phi) is 2.92. The van der Waals surface area contributed by atoms with E-state index in [1.807, 2.05) is 0 Å². The van der Waals surface area contributed by atoms with Crippen molar-refractivity contribution in [1.82, 2.24) is 0 Å². The molecule has 0 aromatic heterocycles. The van der Waals surface area contributed by atoms with Crippen LogP contribution in [0.1, 0.15) is 11.1 Å². The Hall–Kier alpha value is -0.220. The first-order chi connectivity index (χ1) is 5.82. The molecule has 72 valence electrons. The van der Waals surface area contributed by atoms with Gasteiger partial charge in [-0.05, 0) is 24.6 Å². The number of alkyl halides is 3. The van der Waals surface area contributed by atoms with Gasteiger partial charge in [0.1, 0.15) is 0 Å². The van der Waals surface area contributed by atoms with Crippen LogP contribution in [0.25, 0.3) is 0 Å². The lowest BCUT2D eigenvalue weighted by atomic mass is 10.1. The van der Waals surface area contributed by atoms with Crippen molar-refractivity contribution >= 4 is 27.5 Å². The minimum Gasteiger partial charge on any atom is -0.166 e. The zero-order valence-corrected chi connectivity index (χ0v) is 8.89. The molecule has 0 fully saturated rings. The molecule has 0 saturated carbocycles. The van der Waals surface area contributed by atoms with Gasteiger partial charge in [0.05, 0.1) is 10.6 Å².